The van der Waals surface area contributed by atoms with Gasteiger partial charge in [-0.2, -0.15) is 5.10 Å². The van der Waals surface area contributed by atoms with Crippen molar-refractivity contribution in [1.82, 2.24) is 25.8 Å². The highest BCUT2D eigenvalue weighted by Crippen LogP contribution is 2.24. The first-order valence-electron chi connectivity index (χ1n) is 9.64. The number of nitrogens with one attached hydrogen (secondary N) is 3. The lowest BCUT2D eigenvalue weighted by Crippen LogP contribution is -2.38. The average molecular weight is 407 g/mol. The SMILES string of the molecule is CCNC(=NCCCc1cn[nH]c1C)NC(C)c1nc(C)c(C(=O)OCC)s1. The van der Waals surface area contributed by atoms with Crippen LogP contribution in [-0.2, 0) is 11.2 Å². The fraction of sp³-hybridized carbons (Fsp3) is 0.579. The topological polar surface area (TPSA) is 104 Å². The summed E-state index contributed by atoms with van der Waals surface area (Å²) in [7, 11) is 0. The number of aromatic nitrogens is 3. The molecule has 2 aromatic rings. The zero-order valence-corrected chi connectivity index (χ0v) is 18.1. The van der Waals surface area contributed by atoms with Crippen molar-refractivity contribution in [2.45, 2.75) is 53.5 Å². The van der Waals surface area contributed by atoms with Gasteiger partial charge in [0.25, 0.3) is 0 Å². The fourth-order valence-electron chi connectivity index (χ4n) is 2.66. The van der Waals surface area contributed by atoms with Crippen LogP contribution in [0.2, 0.25) is 0 Å². The number of aliphatic imine (C=N–C) groups is 1. The Morgan fingerprint density at radius 3 is 2.82 bits per heavy atom. The normalized spacial score (nSPS) is 12.7. The Balaban J connectivity index is 1.95. The van der Waals surface area contributed by atoms with Crippen LogP contribution in [0.4, 0.5) is 0 Å². The van der Waals surface area contributed by atoms with Gasteiger partial charge in [0, 0.05) is 18.8 Å². The molecule has 0 saturated heterocycles. The van der Waals surface area contributed by atoms with Crippen molar-refractivity contribution in [3.63, 3.8) is 0 Å². The summed E-state index contributed by atoms with van der Waals surface area (Å²) in [6, 6.07) is -0.0687. The molecule has 2 rings (SSSR count). The molecule has 0 fully saturated rings. The van der Waals surface area contributed by atoms with Crippen molar-refractivity contribution in [2.24, 2.45) is 4.99 Å². The summed E-state index contributed by atoms with van der Waals surface area (Å²) in [6.45, 7) is 11.5. The molecule has 9 heteroatoms. The quantitative estimate of drug-likeness (QED) is 0.256. The summed E-state index contributed by atoms with van der Waals surface area (Å²) < 4.78 is 5.09. The minimum atomic E-state index is -0.314. The summed E-state index contributed by atoms with van der Waals surface area (Å²) >= 11 is 1.36. The van der Waals surface area contributed by atoms with Crippen LogP contribution in [0.15, 0.2) is 11.2 Å². The van der Waals surface area contributed by atoms with Gasteiger partial charge < -0.3 is 15.4 Å². The minimum Gasteiger partial charge on any atom is -0.462 e. The van der Waals surface area contributed by atoms with Crippen LogP contribution in [0.5, 0.6) is 0 Å². The van der Waals surface area contributed by atoms with E-state index in [1.54, 1.807) is 6.92 Å². The maximum Gasteiger partial charge on any atom is 0.350 e. The van der Waals surface area contributed by atoms with Gasteiger partial charge in [-0.15, -0.1) is 11.3 Å². The maximum absolute atomic E-state index is 12.0. The molecular weight excluding hydrogens is 376 g/mol. The molecule has 3 N–H and O–H groups in total. The average Bonchev–Trinajstić information content (AvgIpc) is 3.24. The molecule has 2 aromatic heterocycles. The number of H-pyrrole nitrogens is 1. The van der Waals surface area contributed by atoms with E-state index in [-0.39, 0.29) is 12.0 Å². The number of thiazole rings is 1. The second kappa shape index (κ2) is 10.8. The third-order valence-electron chi connectivity index (χ3n) is 4.15. The van der Waals surface area contributed by atoms with Gasteiger partial charge in [-0.25, -0.2) is 9.78 Å². The van der Waals surface area contributed by atoms with Gasteiger partial charge in [0.2, 0.25) is 0 Å². The van der Waals surface area contributed by atoms with Crippen molar-refractivity contribution in [3.05, 3.63) is 33.0 Å². The highest BCUT2D eigenvalue weighted by molar-refractivity contribution is 7.13. The molecule has 8 nitrogen and oxygen atoms in total. The van der Waals surface area contributed by atoms with E-state index in [4.69, 9.17) is 4.74 Å². The van der Waals surface area contributed by atoms with E-state index in [2.05, 4.69) is 30.8 Å². The predicted molar refractivity (Wildman–Crippen MR) is 112 cm³/mol. The Hall–Kier alpha value is -2.42. The van der Waals surface area contributed by atoms with Crippen LogP contribution < -0.4 is 10.6 Å². The Bertz CT molecular complexity index is 798. The number of nitrogens with zero attached hydrogens (tertiary/aromatic N) is 3. The van der Waals surface area contributed by atoms with Gasteiger partial charge in [0.15, 0.2) is 5.96 Å². The Morgan fingerprint density at radius 1 is 1.39 bits per heavy atom. The van der Waals surface area contributed by atoms with Crippen LogP contribution in [0, 0.1) is 13.8 Å². The number of hydrogen-bond acceptors (Lipinski definition) is 6. The molecule has 0 aromatic carbocycles. The largest absolute Gasteiger partial charge is 0.462 e. The second-order valence-electron chi connectivity index (χ2n) is 6.44. The summed E-state index contributed by atoms with van der Waals surface area (Å²) in [5, 5.41) is 14.5. The van der Waals surface area contributed by atoms with Gasteiger partial charge >= 0.3 is 5.97 Å². The van der Waals surface area contributed by atoms with Crippen LogP contribution >= 0.6 is 11.3 Å². The molecule has 2 heterocycles. The number of ether oxygens (including phenoxy) is 1. The maximum atomic E-state index is 12.0. The van der Waals surface area contributed by atoms with Gasteiger partial charge in [-0.1, -0.05) is 0 Å². The molecule has 1 unspecified atom stereocenters. The molecule has 0 spiro atoms. The molecule has 1 atom stereocenters. The second-order valence-corrected chi connectivity index (χ2v) is 7.47. The molecule has 154 valence electrons. The highest BCUT2D eigenvalue weighted by atomic mass is 32.1. The third kappa shape index (κ3) is 6.05. The van der Waals surface area contributed by atoms with Crippen LogP contribution in [0.25, 0.3) is 0 Å². The first kappa shape index (κ1) is 21.9. The first-order chi connectivity index (χ1) is 13.5. The molecule has 0 amide bonds. The molecule has 0 bridgehead atoms. The van der Waals surface area contributed by atoms with E-state index in [0.717, 1.165) is 36.0 Å². The van der Waals surface area contributed by atoms with Gasteiger partial charge in [-0.3, -0.25) is 10.1 Å². The van der Waals surface area contributed by atoms with E-state index in [0.29, 0.717) is 23.7 Å². The summed E-state index contributed by atoms with van der Waals surface area (Å²) in [5.41, 5.74) is 3.04. The van der Waals surface area contributed by atoms with Gasteiger partial charge in [0.05, 0.1) is 24.5 Å². The highest BCUT2D eigenvalue weighted by Gasteiger charge is 2.20. The molecule has 0 aliphatic carbocycles. The van der Waals surface area contributed by atoms with Crippen molar-refractivity contribution < 1.29 is 9.53 Å². The monoisotopic (exact) mass is 406 g/mol. The molecule has 0 saturated carbocycles. The number of esters is 1. The van der Waals surface area contributed by atoms with E-state index in [1.807, 2.05) is 33.9 Å². The molecule has 28 heavy (non-hydrogen) atoms. The van der Waals surface area contributed by atoms with E-state index < -0.39 is 0 Å². The Labute approximate surface area is 170 Å². The van der Waals surface area contributed by atoms with E-state index in [9.17, 15) is 4.79 Å². The Morgan fingerprint density at radius 2 is 2.18 bits per heavy atom. The number of guanidine groups is 1. The number of rotatable bonds is 9. The predicted octanol–water partition coefficient (Wildman–Crippen LogP) is 2.91. The molecular formula is C19H30N6O2S. The molecule has 0 aliphatic heterocycles. The number of carbonyl (C=O) groups excluding carboxylic acids is 1. The van der Waals surface area contributed by atoms with Crippen molar-refractivity contribution in [3.8, 4) is 0 Å². The Kier molecular flexibility index (Phi) is 8.43. The van der Waals surface area contributed by atoms with E-state index in [1.165, 1.54) is 16.9 Å². The number of hydrogen-bond donors (Lipinski definition) is 3. The lowest BCUT2D eigenvalue weighted by Gasteiger charge is -2.16. The van der Waals surface area contributed by atoms with Gasteiger partial charge in [-0.05, 0) is 53.0 Å². The standard InChI is InChI=1S/C19H30N6O2S/c1-6-20-19(21-10-8-9-15-11-22-25-12(15)3)24-14(5)17-23-13(4)16(28-17)18(26)27-7-2/h11,14H,6-10H2,1-5H3,(H,22,25)(H2,20,21,24). The van der Waals surface area contributed by atoms with Crippen LogP contribution in [0.3, 0.4) is 0 Å². The smallest absolute Gasteiger partial charge is 0.350 e. The van der Waals surface area contributed by atoms with Crippen molar-refractivity contribution in [1.29, 1.82) is 0 Å². The zero-order valence-electron chi connectivity index (χ0n) is 17.3. The molecule has 0 aliphatic rings. The first-order valence-corrected chi connectivity index (χ1v) is 10.5. The summed E-state index contributed by atoms with van der Waals surface area (Å²) in [6.07, 6.45) is 3.75. The zero-order chi connectivity index (χ0) is 20.5. The number of aromatic amines is 1. The van der Waals surface area contributed by atoms with Crippen molar-refractivity contribution in [2.75, 3.05) is 19.7 Å². The lowest BCUT2D eigenvalue weighted by atomic mass is 10.1. The number of aryl methyl sites for hydroxylation is 3. The van der Waals surface area contributed by atoms with Crippen LogP contribution in [0.1, 0.15) is 64.9 Å². The van der Waals surface area contributed by atoms with Gasteiger partial charge in [0.1, 0.15) is 9.88 Å². The number of carbonyl (C=O) groups is 1. The van der Waals surface area contributed by atoms with Crippen molar-refractivity contribution >= 4 is 23.3 Å². The van der Waals surface area contributed by atoms with Crippen LogP contribution in [-0.4, -0.2) is 46.8 Å². The van der Waals surface area contributed by atoms with E-state index >= 15 is 0 Å². The summed E-state index contributed by atoms with van der Waals surface area (Å²) in [5.74, 6) is 0.426. The fourth-order valence-corrected chi connectivity index (χ4v) is 3.63. The third-order valence-corrected chi connectivity index (χ3v) is 5.47. The molecule has 0 radical (unpaired) electrons. The lowest BCUT2D eigenvalue weighted by molar-refractivity contribution is 0.0531. The minimum absolute atomic E-state index is 0.0687. The summed E-state index contributed by atoms with van der Waals surface area (Å²) in [4.78, 5) is 21.7.